The van der Waals surface area contributed by atoms with Gasteiger partial charge < -0.3 is 26.2 Å². The van der Waals surface area contributed by atoms with Gasteiger partial charge in [0.15, 0.2) is 0 Å². The van der Waals surface area contributed by atoms with Gasteiger partial charge in [-0.1, -0.05) is 67.6 Å². The molecule has 2 aliphatic heterocycles. The zero-order valence-corrected chi connectivity index (χ0v) is 23.4. The largest absolute Gasteiger partial charge is 0.343 e. The molecular weight excluding hydrogens is 490 g/mol. The normalized spacial score (nSPS) is 23.7. The standard InChI is InChI=1S/C31H43N5O3/c1-4-25(33-3)29(37)35-28-23(19-20-32-2)15-16-24-17-18-26(36(24)31(28)39)30(38)34-27(21-11-7-5-8-12-21)22-13-9-6-10-14-22/h5-14,23-28,32-33H,4,15-20H2,1-3H3,(H,34,38)(H,35,37)/t23-,24+,25+,26+,28+/m1/s1. The number of nitrogens with zero attached hydrogens (tertiary/aromatic N) is 1. The minimum absolute atomic E-state index is 0.00501. The molecule has 0 radical (unpaired) electrons. The van der Waals surface area contributed by atoms with Gasteiger partial charge in [0, 0.05) is 6.04 Å². The van der Waals surface area contributed by atoms with E-state index in [9.17, 15) is 14.4 Å². The molecule has 0 unspecified atom stereocenters. The van der Waals surface area contributed by atoms with Crippen LogP contribution in [0.3, 0.4) is 0 Å². The van der Waals surface area contributed by atoms with Gasteiger partial charge in [0.25, 0.3) is 0 Å². The van der Waals surface area contributed by atoms with E-state index in [0.29, 0.717) is 12.8 Å². The maximum Gasteiger partial charge on any atom is 0.246 e. The van der Waals surface area contributed by atoms with Gasteiger partial charge in [-0.15, -0.1) is 0 Å². The lowest BCUT2D eigenvalue weighted by Gasteiger charge is -2.33. The number of benzene rings is 2. The molecule has 39 heavy (non-hydrogen) atoms. The highest BCUT2D eigenvalue weighted by Gasteiger charge is 2.47. The van der Waals surface area contributed by atoms with Crippen molar-refractivity contribution in [2.45, 2.75) is 75.7 Å². The molecule has 210 valence electrons. The number of rotatable bonds is 11. The fraction of sp³-hybridized carbons (Fsp3) is 0.516. The van der Waals surface area contributed by atoms with Gasteiger partial charge in [0.2, 0.25) is 17.7 Å². The second-order valence-electron chi connectivity index (χ2n) is 10.7. The minimum atomic E-state index is -0.648. The summed E-state index contributed by atoms with van der Waals surface area (Å²) in [4.78, 5) is 42.9. The molecule has 2 saturated heterocycles. The SMILES string of the molecule is CC[C@H](NC)C(=O)N[C@@H]1C(=O)N2[C@@H](CC[C@@H]1CCNC)CC[C@H]2C(=O)NC(c1ccccc1)c1ccccc1. The molecule has 2 aromatic carbocycles. The number of carbonyl (C=O) groups excluding carboxylic acids is 3. The van der Waals surface area contributed by atoms with Crippen LogP contribution in [0.4, 0.5) is 0 Å². The van der Waals surface area contributed by atoms with Gasteiger partial charge in [-0.3, -0.25) is 14.4 Å². The quantitative estimate of drug-likeness (QED) is 0.356. The second kappa shape index (κ2) is 13.7. The van der Waals surface area contributed by atoms with Crippen molar-refractivity contribution in [3.8, 4) is 0 Å². The van der Waals surface area contributed by atoms with Crippen LogP contribution in [0.1, 0.15) is 62.6 Å². The molecule has 3 amide bonds. The molecular formula is C31H43N5O3. The van der Waals surface area contributed by atoms with Crippen molar-refractivity contribution >= 4 is 17.7 Å². The molecule has 2 aromatic rings. The topological polar surface area (TPSA) is 103 Å². The van der Waals surface area contributed by atoms with Crippen molar-refractivity contribution in [1.82, 2.24) is 26.2 Å². The molecule has 0 bridgehead atoms. The summed E-state index contributed by atoms with van der Waals surface area (Å²) in [6.45, 7) is 2.71. The molecule has 0 saturated carbocycles. The van der Waals surface area contributed by atoms with Gasteiger partial charge in [-0.25, -0.2) is 0 Å². The molecule has 4 N–H and O–H groups in total. The highest BCUT2D eigenvalue weighted by Crippen LogP contribution is 2.35. The lowest BCUT2D eigenvalue weighted by Crippen LogP contribution is -2.58. The van der Waals surface area contributed by atoms with Crippen LogP contribution in [0, 0.1) is 5.92 Å². The predicted molar refractivity (Wildman–Crippen MR) is 153 cm³/mol. The summed E-state index contributed by atoms with van der Waals surface area (Å²) in [5.41, 5.74) is 1.98. The maximum absolute atomic E-state index is 14.2. The van der Waals surface area contributed by atoms with E-state index in [-0.39, 0.29) is 41.8 Å². The summed E-state index contributed by atoms with van der Waals surface area (Å²) in [7, 11) is 3.66. The van der Waals surface area contributed by atoms with Crippen molar-refractivity contribution in [1.29, 1.82) is 0 Å². The van der Waals surface area contributed by atoms with Crippen molar-refractivity contribution in [2.24, 2.45) is 5.92 Å². The van der Waals surface area contributed by atoms with Crippen LogP contribution in [0.5, 0.6) is 0 Å². The van der Waals surface area contributed by atoms with Crippen LogP contribution < -0.4 is 21.3 Å². The van der Waals surface area contributed by atoms with E-state index in [1.807, 2.05) is 74.6 Å². The average Bonchev–Trinajstić information content (AvgIpc) is 3.35. The Morgan fingerprint density at radius 3 is 2.10 bits per heavy atom. The molecule has 2 aliphatic rings. The van der Waals surface area contributed by atoms with E-state index in [1.165, 1.54) is 0 Å². The zero-order valence-electron chi connectivity index (χ0n) is 23.4. The molecule has 0 aromatic heterocycles. The van der Waals surface area contributed by atoms with Crippen LogP contribution in [0.25, 0.3) is 0 Å². The van der Waals surface area contributed by atoms with E-state index in [1.54, 1.807) is 11.9 Å². The first kappa shape index (κ1) is 28.8. The number of likely N-dealkylation sites (N-methyl/N-ethyl adjacent to an activating group) is 1. The summed E-state index contributed by atoms with van der Waals surface area (Å²) < 4.78 is 0. The van der Waals surface area contributed by atoms with Crippen LogP contribution in [0.2, 0.25) is 0 Å². The molecule has 5 atom stereocenters. The smallest absolute Gasteiger partial charge is 0.246 e. The Kier molecular flexibility index (Phi) is 10.1. The number of hydrogen-bond acceptors (Lipinski definition) is 5. The number of fused-ring (bicyclic) bond motifs is 1. The summed E-state index contributed by atoms with van der Waals surface area (Å²) in [5.74, 6) is -0.436. The lowest BCUT2D eigenvalue weighted by molar-refractivity contribution is -0.143. The van der Waals surface area contributed by atoms with Gasteiger partial charge in [0.05, 0.1) is 12.1 Å². The third-order valence-corrected chi connectivity index (χ3v) is 8.36. The van der Waals surface area contributed by atoms with E-state index < -0.39 is 12.1 Å². The Hall–Kier alpha value is -3.23. The zero-order chi connectivity index (χ0) is 27.8. The Labute approximate surface area is 232 Å². The Bertz CT molecular complexity index is 1050. The van der Waals surface area contributed by atoms with E-state index in [0.717, 1.165) is 43.4 Å². The fourth-order valence-electron chi connectivity index (χ4n) is 6.18. The van der Waals surface area contributed by atoms with Crippen molar-refractivity contribution in [3.05, 3.63) is 71.8 Å². The number of hydrogen-bond donors (Lipinski definition) is 4. The van der Waals surface area contributed by atoms with Gasteiger partial charge >= 0.3 is 0 Å². The molecule has 8 heteroatoms. The van der Waals surface area contributed by atoms with E-state index in [4.69, 9.17) is 0 Å². The number of amides is 3. The number of nitrogens with one attached hydrogen (secondary N) is 4. The summed E-state index contributed by atoms with van der Waals surface area (Å²) in [6, 6.07) is 17.9. The van der Waals surface area contributed by atoms with E-state index in [2.05, 4.69) is 21.3 Å². The summed E-state index contributed by atoms with van der Waals surface area (Å²) in [6.07, 6.45) is 4.49. The highest BCUT2D eigenvalue weighted by molar-refractivity contribution is 5.94. The minimum Gasteiger partial charge on any atom is -0.343 e. The molecule has 4 rings (SSSR count). The third kappa shape index (κ3) is 6.68. The van der Waals surface area contributed by atoms with Crippen molar-refractivity contribution < 1.29 is 14.4 Å². The van der Waals surface area contributed by atoms with Crippen LogP contribution in [0.15, 0.2) is 60.7 Å². The van der Waals surface area contributed by atoms with Crippen molar-refractivity contribution in [2.75, 3.05) is 20.6 Å². The second-order valence-corrected chi connectivity index (χ2v) is 10.7. The highest BCUT2D eigenvalue weighted by atomic mass is 16.2. The summed E-state index contributed by atoms with van der Waals surface area (Å²) >= 11 is 0. The molecule has 2 fully saturated rings. The Morgan fingerprint density at radius 1 is 0.923 bits per heavy atom. The molecule has 8 nitrogen and oxygen atoms in total. The van der Waals surface area contributed by atoms with Crippen LogP contribution in [-0.4, -0.2) is 67.4 Å². The van der Waals surface area contributed by atoms with Gasteiger partial charge in [-0.2, -0.15) is 0 Å². The lowest BCUT2D eigenvalue weighted by atomic mass is 9.90. The maximum atomic E-state index is 14.2. The first-order valence-electron chi connectivity index (χ1n) is 14.3. The average molecular weight is 534 g/mol. The molecule has 0 aliphatic carbocycles. The fourth-order valence-corrected chi connectivity index (χ4v) is 6.18. The summed E-state index contributed by atoms with van der Waals surface area (Å²) in [5, 5.41) is 12.6. The van der Waals surface area contributed by atoms with Crippen LogP contribution in [-0.2, 0) is 14.4 Å². The van der Waals surface area contributed by atoms with Crippen molar-refractivity contribution in [3.63, 3.8) is 0 Å². The van der Waals surface area contributed by atoms with Gasteiger partial charge in [0.1, 0.15) is 12.1 Å². The van der Waals surface area contributed by atoms with Gasteiger partial charge in [-0.05, 0) is 76.2 Å². The number of carbonyl (C=O) groups is 3. The first-order valence-corrected chi connectivity index (χ1v) is 14.3. The molecule has 2 heterocycles. The predicted octanol–water partition coefficient (Wildman–Crippen LogP) is 2.75. The third-order valence-electron chi connectivity index (χ3n) is 8.36. The van der Waals surface area contributed by atoms with E-state index >= 15 is 0 Å². The molecule has 0 spiro atoms. The monoisotopic (exact) mass is 533 g/mol. The Balaban J connectivity index is 1.59. The van der Waals surface area contributed by atoms with Crippen LogP contribution >= 0.6 is 0 Å². The first-order chi connectivity index (χ1) is 19.0. The Morgan fingerprint density at radius 2 is 1.54 bits per heavy atom.